The summed E-state index contributed by atoms with van der Waals surface area (Å²) in [6.07, 6.45) is 9.21. The summed E-state index contributed by atoms with van der Waals surface area (Å²) in [5.74, 6) is 2.18. The van der Waals surface area contributed by atoms with E-state index in [-0.39, 0.29) is 0 Å². The maximum Gasteiger partial charge on any atom is -0.0130 e. The Labute approximate surface area is 64.3 Å². The van der Waals surface area contributed by atoms with Gasteiger partial charge in [0.05, 0.1) is 0 Å². The van der Waals surface area contributed by atoms with Crippen LogP contribution in [-0.4, -0.2) is 0 Å². The Bertz CT molecular complexity index is 124. The van der Waals surface area contributed by atoms with Crippen LogP contribution in [0.4, 0.5) is 0 Å². The summed E-state index contributed by atoms with van der Waals surface area (Å²) in [6, 6.07) is 0. The zero-order valence-corrected chi connectivity index (χ0v) is 7.09. The Balaban J connectivity index is 2.53. The van der Waals surface area contributed by atoms with Crippen molar-refractivity contribution in [1.82, 2.24) is 0 Å². The van der Waals surface area contributed by atoms with Crippen LogP contribution in [0.5, 0.6) is 0 Å². The van der Waals surface area contributed by atoms with E-state index in [4.69, 9.17) is 0 Å². The van der Waals surface area contributed by atoms with Gasteiger partial charge in [-0.05, 0) is 30.6 Å². The van der Waals surface area contributed by atoms with E-state index >= 15 is 0 Å². The van der Waals surface area contributed by atoms with Gasteiger partial charge in [-0.25, -0.2) is 0 Å². The SMILES string of the molecule is C[C][C@@H]1C=CC(C)C[C@@H]1C. The fourth-order valence-corrected chi connectivity index (χ4v) is 1.69. The molecule has 0 N–H and O–H groups in total. The number of hydrogen-bond acceptors (Lipinski definition) is 0. The molecule has 0 amide bonds. The fraction of sp³-hybridized carbons (Fsp3) is 0.700. The quantitative estimate of drug-likeness (QED) is 0.486. The molecule has 0 fully saturated rings. The van der Waals surface area contributed by atoms with Crippen LogP contribution in [0.1, 0.15) is 27.2 Å². The van der Waals surface area contributed by atoms with E-state index in [1.54, 1.807) is 0 Å². The lowest BCUT2D eigenvalue weighted by molar-refractivity contribution is 0.374. The van der Waals surface area contributed by atoms with Gasteiger partial charge in [-0.3, -0.25) is 0 Å². The van der Waals surface area contributed by atoms with Crippen LogP contribution >= 0.6 is 0 Å². The molecule has 3 atom stereocenters. The zero-order chi connectivity index (χ0) is 7.56. The van der Waals surface area contributed by atoms with E-state index in [1.165, 1.54) is 6.42 Å². The van der Waals surface area contributed by atoms with Crippen LogP contribution in [0.3, 0.4) is 0 Å². The maximum absolute atomic E-state index is 3.29. The van der Waals surface area contributed by atoms with E-state index in [1.807, 2.05) is 6.92 Å². The van der Waals surface area contributed by atoms with Crippen molar-refractivity contribution in [1.29, 1.82) is 0 Å². The molecule has 0 aromatic rings. The first-order valence-electron chi connectivity index (χ1n) is 4.09. The lowest BCUT2D eigenvalue weighted by atomic mass is 9.80. The van der Waals surface area contributed by atoms with E-state index in [0.717, 1.165) is 11.8 Å². The van der Waals surface area contributed by atoms with Crippen LogP contribution in [0.25, 0.3) is 0 Å². The molecule has 1 unspecified atom stereocenters. The molecule has 0 aromatic carbocycles. The topological polar surface area (TPSA) is 0 Å². The minimum Gasteiger partial charge on any atom is -0.0854 e. The van der Waals surface area contributed by atoms with Gasteiger partial charge in [-0.1, -0.05) is 32.9 Å². The molecule has 0 bridgehead atoms. The summed E-state index contributed by atoms with van der Waals surface area (Å²) < 4.78 is 0. The highest BCUT2D eigenvalue weighted by Gasteiger charge is 2.18. The third-order valence-corrected chi connectivity index (χ3v) is 2.34. The number of allylic oxidation sites excluding steroid dienone is 2. The monoisotopic (exact) mass is 136 g/mol. The normalized spacial score (nSPS) is 40.1. The molecule has 1 aliphatic carbocycles. The molecule has 56 valence electrons. The van der Waals surface area contributed by atoms with Gasteiger partial charge in [0.15, 0.2) is 0 Å². The third kappa shape index (κ3) is 1.62. The van der Waals surface area contributed by atoms with Crippen molar-refractivity contribution in [2.75, 3.05) is 0 Å². The van der Waals surface area contributed by atoms with E-state index in [2.05, 4.69) is 32.4 Å². The van der Waals surface area contributed by atoms with Crippen molar-refractivity contribution in [3.05, 3.63) is 18.6 Å². The van der Waals surface area contributed by atoms with Gasteiger partial charge in [0.1, 0.15) is 0 Å². The first-order valence-corrected chi connectivity index (χ1v) is 4.09. The summed E-state index contributed by atoms with van der Waals surface area (Å²) >= 11 is 0. The van der Waals surface area contributed by atoms with Crippen molar-refractivity contribution in [3.8, 4) is 0 Å². The van der Waals surface area contributed by atoms with Crippen LogP contribution in [-0.2, 0) is 0 Å². The highest BCUT2D eigenvalue weighted by Crippen LogP contribution is 2.28. The Morgan fingerprint density at radius 2 is 2.00 bits per heavy atom. The molecule has 0 nitrogen and oxygen atoms in total. The van der Waals surface area contributed by atoms with E-state index in [0.29, 0.717) is 5.92 Å². The smallest absolute Gasteiger partial charge is 0.0130 e. The molecule has 0 saturated heterocycles. The first-order chi connectivity index (χ1) is 4.74. The van der Waals surface area contributed by atoms with Crippen molar-refractivity contribution in [3.63, 3.8) is 0 Å². The predicted octanol–water partition coefficient (Wildman–Crippen LogP) is 2.94. The molecule has 10 heavy (non-hydrogen) atoms. The van der Waals surface area contributed by atoms with Crippen LogP contribution in [0, 0.1) is 24.2 Å². The second-order valence-electron chi connectivity index (χ2n) is 3.39. The lowest BCUT2D eigenvalue weighted by Gasteiger charge is -2.25. The van der Waals surface area contributed by atoms with Gasteiger partial charge < -0.3 is 0 Å². The van der Waals surface area contributed by atoms with Gasteiger partial charge in [0.2, 0.25) is 0 Å². The van der Waals surface area contributed by atoms with Gasteiger partial charge in [0.25, 0.3) is 0 Å². The molecule has 0 aromatic heterocycles. The van der Waals surface area contributed by atoms with Gasteiger partial charge in [0, 0.05) is 0 Å². The summed E-state index contributed by atoms with van der Waals surface area (Å²) in [5, 5.41) is 0. The fourth-order valence-electron chi connectivity index (χ4n) is 1.69. The second kappa shape index (κ2) is 3.23. The molecule has 0 heterocycles. The molecule has 2 radical (unpaired) electrons. The first kappa shape index (κ1) is 7.84. The lowest BCUT2D eigenvalue weighted by Crippen LogP contribution is -2.16. The van der Waals surface area contributed by atoms with Crippen molar-refractivity contribution < 1.29 is 0 Å². The van der Waals surface area contributed by atoms with Crippen LogP contribution in [0.15, 0.2) is 12.2 Å². The predicted molar refractivity (Wildman–Crippen MR) is 44.5 cm³/mol. The van der Waals surface area contributed by atoms with Gasteiger partial charge >= 0.3 is 0 Å². The summed E-state index contributed by atoms with van der Waals surface area (Å²) in [5.41, 5.74) is 0. The molecule has 0 spiro atoms. The van der Waals surface area contributed by atoms with Crippen LogP contribution in [0.2, 0.25) is 0 Å². The Morgan fingerprint density at radius 3 is 2.50 bits per heavy atom. The second-order valence-corrected chi connectivity index (χ2v) is 3.39. The minimum atomic E-state index is 0.608. The minimum absolute atomic E-state index is 0.608. The Kier molecular flexibility index (Phi) is 2.53. The summed E-state index contributed by atoms with van der Waals surface area (Å²) in [4.78, 5) is 0. The molecular formula is C10H16. The molecule has 1 rings (SSSR count). The molecule has 0 heteroatoms. The summed E-state index contributed by atoms with van der Waals surface area (Å²) in [7, 11) is 0. The van der Waals surface area contributed by atoms with Crippen molar-refractivity contribution >= 4 is 0 Å². The van der Waals surface area contributed by atoms with Crippen LogP contribution < -0.4 is 0 Å². The van der Waals surface area contributed by atoms with E-state index < -0.39 is 0 Å². The number of rotatable bonds is 1. The molecule has 0 saturated carbocycles. The Hall–Kier alpha value is -0.260. The maximum atomic E-state index is 3.29. The average Bonchev–Trinajstić information content (AvgIpc) is 1.88. The van der Waals surface area contributed by atoms with Gasteiger partial charge in [-0.15, -0.1) is 0 Å². The van der Waals surface area contributed by atoms with Gasteiger partial charge in [-0.2, -0.15) is 0 Å². The largest absolute Gasteiger partial charge is 0.0854 e. The van der Waals surface area contributed by atoms with Crippen molar-refractivity contribution in [2.45, 2.75) is 27.2 Å². The molecule has 0 aliphatic heterocycles. The summed E-state index contributed by atoms with van der Waals surface area (Å²) in [6.45, 7) is 6.61. The highest BCUT2D eigenvalue weighted by molar-refractivity contribution is 5.02. The van der Waals surface area contributed by atoms with E-state index in [9.17, 15) is 0 Å². The molecular weight excluding hydrogens is 120 g/mol. The molecule has 1 aliphatic rings. The third-order valence-electron chi connectivity index (χ3n) is 2.34. The zero-order valence-electron chi connectivity index (χ0n) is 7.09. The highest BCUT2D eigenvalue weighted by atomic mass is 14.2. The van der Waals surface area contributed by atoms with Crippen molar-refractivity contribution in [2.24, 2.45) is 17.8 Å². The average molecular weight is 136 g/mol. The number of hydrogen-bond donors (Lipinski definition) is 0. The standard InChI is InChI=1S/C10H16/c1-4-10-6-5-8(2)7-9(10)3/h5-6,8-10H,7H2,1-3H3/t8?,9-,10+/m0/s1. The Morgan fingerprint density at radius 1 is 1.30 bits per heavy atom.